The Morgan fingerprint density at radius 3 is 1.63 bits per heavy atom. The minimum Gasteiger partial charge on any atom is -0.461 e. The van der Waals surface area contributed by atoms with Gasteiger partial charge in [-0.3, -0.25) is 9.59 Å². The first-order valence-electron chi connectivity index (χ1n) is 11.8. The highest BCUT2D eigenvalue weighted by Gasteiger charge is 2.17. The minimum atomic E-state index is -0.588. The van der Waals surface area contributed by atoms with E-state index in [0.717, 1.165) is 11.1 Å². The number of benzene rings is 2. The summed E-state index contributed by atoms with van der Waals surface area (Å²) in [6, 6.07) is 18.9. The molecule has 8 heteroatoms. The lowest BCUT2D eigenvalue weighted by atomic mass is 10.2. The number of hydrogen-bond donors (Lipinski definition) is 1. The van der Waals surface area contributed by atoms with Crippen molar-refractivity contribution in [1.82, 2.24) is 10.2 Å². The molecule has 190 valence electrons. The fourth-order valence-electron chi connectivity index (χ4n) is 3.08. The van der Waals surface area contributed by atoms with Gasteiger partial charge in [0.05, 0.1) is 12.8 Å². The third-order valence-corrected chi connectivity index (χ3v) is 4.85. The summed E-state index contributed by atoms with van der Waals surface area (Å²) < 4.78 is 15.9. The summed E-state index contributed by atoms with van der Waals surface area (Å²) in [5, 5.41) is 2.70. The monoisotopic (exact) mass is 484 g/mol. The Morgan fingerprint density at radius 1 is 0.743 bits per heavy atom. The molecule has 0 aliphatic rings. The third kappa shape index (κ3) is 13.2. The summed E-state index contributed by atoms with van der Waals surface area (Å²) in [5.41, 5.74) is 1.25. The van der Waals surface area contributed by atoms with Crippen molar-refractivity contribution in [2.24, 2.45) is 0 Å². The highest BCUT2D eigenvalue weighted by atomic mass is 16.6. The topological polar surface area (TPSA) is 94.2 Å². The second-order valence-electron chi connectivity index (χ2n) is 9.06. The van der Waals surface area contributed by atoms with E-state index in [1.165, 1.54) is 0 Å². The molecule has 0 aliphatic carbocycles. The molecule has 0 saturated heterocycles. The van der Waals surface area contributed by atoms with Gasteiger partial charge in [-0.05, 0) is 31.9 Å². The van der Waals surface area contributed by atoms with Gasteiger partial charge >= 0.3 is 18.0 Å². The standard InChI is InChI=1S/C27H36N2O6/c1-27(2,3)35-26(32)28-16-19-29(17-14-24(30)33-20-22-10-6-4-7-11-22)18-15-25(31)34-21-23-12-8-5-9-13-23/h4-13H,14-21H2,1-3H3,(H,28,32). The number of carbonyl (C=O) groups excluding carboxylic acids is 3. The van der Waals surface area contributed by atoms with Crippen LogP contribution in [0.1, 0.15) is 44.7 Å². The van der Waals surface area contributed by atoms with E-state index in [9.17, 15) is 14.4 Å². The molecule has 0 bridgehead atoms. The zero-order chi connectivity index (χ0) is 25.5. The zero-order valence-electron chi connectivity index (χ0n) is 20.8. The van der Waals surface area contributed by atoms with Crippen molar-refractivity contribution in [2.45, 2.75) is 52.4 Å². The number of hydrogen-bond acceptors (Lipinski definition) is 7. The van der Waals surface area contributed by atoms with Crippen molar-refractivity contribution in [3.63, 3.8) is 0 Å². The summed E-state index contributed by atoms with van der Waals surface area (Å²) in [7, 11) is 0. The molecule has 2 aromatic rings. The molecule has 1 N–H and O–H groups in total. The smallest absolute Gasteiger partial charge is 0.407 e. The molecule has 0 spiro atoms. The second-order valence-corrected chi connectivity index (χ2v) is 9.06. The maximum atomic E-state index is 12.2. The van der Waals surface area contributed by atoms with Crippen molar-refractivity contribution >= 4 is 18.0 Å². The zero-order valence-corrected chi connectivity index (χ0v) is 20.8. The van der Waals surface area contributed by atoms with Crippen molar-refractivity contribution in [2.75, 3.05) is 26.2 Å². The first-order valence-corrected chi connectivity index (χ1v) is 11.8. The van der Waals surface area contributed by atoms with Gasteiger partial charge < -0.3 is 24.4 Å². The molecule has 0 fully saturated rings. The van der Waals surface area contributed by atoms with Gasteiger partial charge in [-0.25, -0.2) is 4.79 Å². The maximum absolute atomic E-state index is 12.2. The third-order valence-electron chi connectivity index (χ3n) is 4.85. The first kappa shape index (κ1) is 27.9. The number of carbonyl (C=O) groups is 3. The molecule has 0 heterocycles. The van der Waals surface area contributed by atoms with E-state index in [0.29, 0.717) is 26.2 Å². The Morgan fingerprint density at radius 2 is 1.20 bits per heavy atom. The molecule has 0 saturated carbocycles. The molecular weight excluding hydrogens is 448 g/mol. The van der Waals surface area contributed by atoms with Gasteiger partial charge in [0.2, 0.25) is 0 Å². The summed E-state index contributed by atoms with van der Waals surface area (Å²) in [4.78, 5) is 38.3. The average Bonchev–Trinajstić information content (AvgIpc) is 2.83. The second kappa shape index (κ2) is 14.8. The van der Waals surface area contributed by atoms with Crippen LogP contribution >= 0.6 is 0 Å². The van der Waals surface area contributed by atoms with E-state index in [-0.39, 0.29) is 38.0 Å². The van der Waals surface area contributed by atoms with Crippen molar-refractivity contribution in [3.05, 3.63) is 71.8 Å². The van der Waals surface area contributed by atoms with Crippen LogP contribution in [-0.2, 0) is 37.0 Å². The van der Waals surface area contributed by atoms with Gasteiger partial charge in [0, 0.05) is 26.2 Å². The van der Waals surface area contributed by atoms with E-state index >= 15 is 0 Å². The van der Waals surface area contributed by atoms with E-state index < -0.39 is 11.7 Å². The number of ether oxygens (including phenoxy) is 3. The van der Waals surface area contributed by atoms with Crippen LogP contribution in [0, 0.1) is 0 Å². The van der Waals surface area contributed by atoms with Crippen LogP contribution in [0.5, 0.6) is 0 Å². The molecule has 0 aliphatic heterocycles. The van der Waals surface area contributed by atoms with Crippen LogP contribution < -0.4 is 5.32 Å². The Balaban J connectivity index is 1.79. The number of alkyl carbamates (subject to hydrolysis) is 1. The Kier molecular flexibility index (Phi) is 11.8. The minimum absolute atomic E-state index is 0.165. The number of amides is 1. The molecule has 2 rings (SSSR count). The van der Waals surface area contributed by atoms with Gasteiger partial charge in [-0.15, -0.1) is 0 Å². The molecule has 1 amide bonds. The summed E-state index contributed by atoms with van der Waals surface area (Å²) in [6.45, 7) is 7.33. The predicted molar refractivity (Wildman–Crippen MR) is 132 cm³/mol. The summed E-state index contributed by atoms with van der Waals surface area (Å²) >= 11 is 0. The van der Waals surface area contributed by atoms with E-state index in [2.05, 4.69) is 5.32 Å². The average molecular weight is 485 g/mol. The van der Waals surface area contributed by atoms with Crippen LogP contribution in [0.3, 0.4) is 0 Å². The lowest BCUT2D eigenvalue weighted by molar-refractivity contribution is -0.145. The Labute approximate surface area is 207 Å². The van der Waals surface area contributed by atoms with E-state index in [4.69, 9.17) is 14.2 Å². The SMILES string of the molecule is CC(C)(C)OC(=O)NCCN(CCC(=O)OCc1ccccc1)CCC(=O)OCc1ccccc1. The molecule has 8 nitrogen and oxygen atoms in total. The summed E-state index contributed by atoms with van der Waals surface area (Å²) in [5.74, 6) is -0.656. The van der Waals surface area contributed by atoms with Crippen LogP contribution in [0.4, 0.5) is 4.79 Å². The normalized spacial score (nSPS) is 11.1. The molecule has 0 atom stereocenters. The fraction of sp³-hybridized carbons (Fsp3) is 0.444. The molecular formula is C27H36N2O6. The maximum Gasteiger partial charge on any atom is 0.407 e. The first-order chi connectivity index (χ1) is 16.7. The molecule has 2 aromatic carbocycles. The van der Waals surface area contributed by atoms with Crippen molar-refractivity contribution in [3.8, 4) is 0 Å². The molecule has 0 radical (unpaired) electrons. The van der Waals surface area contributed by atoms with Crippen LogP contribution in [-0.4, -0.2) is 54.7 Å². The highest BCUT2D eigenvalue weighted by Crippen LogP contribution is 2.07. The van der Waals surface area contributed by atoms with Gasteiger partial charge in [0.25, 0.3) is 0 Å². The van der Waals surface area contributed by atoms with Crippen LogP contribution in [0.15, 0.2) is 60.7 Å². The number of rotatable bonds is 13. The van der Waals surface area contributed by atoms with Gasteiger partial charge in [0.15, 0.2) is 0 Å². The van der Waals surface area contributed by atoms with E-state index in [1.807, 2.05) is 65.6 Å². The predicted octanol–water partition coefficient (Wildman–Crippen LogP) is 4.08. The van der Waals surface area contributed by atoms with Gasteiger partial charge in [-0.1, -0.05) is 60.7 Å². The van der Waals surface area contributed by atoms with Crippen LogP contribution in [0.25, 0.3) is 0 Å². The Hall–Kier alpha value is -3.39. The lowest BCUT2D eigenvalue weighted by Crippen LogP contribution is -2.39. The molecule has 0 aromatic heterocycles. The van der Waals surface area contributed by atoms with Crippen LogP contribution in [0.2, 0.25) is 0 Å². The van der Waals surface area contributed by atoms with Gasteiger partial charge in [-0.2, -0.15) is 0 Å². The van der Waals surface area contributed by atoms with Crippen molar-refractivity contribution in [1.29, 1.82) is 0 Å². The number of nitrogens with one attached hydrogen (secondary N) is 1. The Bertz CT molecular complexity index is 853. The van der Waals surface area contributed by atoms with Crippen molar-refractivity contribution < 1.29 is 28.6 Å². The molecule has 0 unspecified atom stereocenters. The lowest BCUT2D eigenvalue weighted by Gasteiger charge is -2.23. The number of nitrogens with zero attached hydrogens (tertiary/aromatic N) is 1. The highest BCUT2D eigenvalue weighted by molar-refractivity contribution is 5.70. The number of esters is 2. The quantitative estimate of drug-likeness (QED) is 0.338. The van der Waals surface area contributed by atoms with Gasteiger partial charge in [0.1, 0.15) is 18.8 Å². The fourth-order valence-corrected chi connectivity index (χ4v) is 3.08. The van der Waals surface area contributed by atoms with E-state index in [1.54, 1.807) is 20.8 Å². The summed E-state index contributed by atoms with van der Waals surface area (Å²) in [6.07, 6.45) is -0.182. The molecule has 35 heavy (non-hydrogen) atoms. The largest absolute Gasteiger partial charge is 0.461 e.